The number of aliphatic hydroxyl groups excluding tert-OH is 1. The number of benzene rings is 1. The molecule has 0 amide bonds. The van der Waals surface area contributed by atoms with Gasteiger partial charge >= 0.3 is 0 Å². The molecule has 0 bridgehead atoms. The molecule has 0 aliphatic heterocycles. The van der Waals surface area contributed by atoms with Crippen molar-refractivity contribution in [2.45, 2.75) is 38.6 Å². The topological polar surface area (TPSA) is 55.5 Å². The van der Waals surface area contributed by atoms with Crippen LogP contribution < -0.4 is 10.5 Å². The van der Waals surface area contributed by atoms with Crippen molar-refractivity contribution in [3.63, 3.8) is 0 Å². The number of ether oxygens (including phenoxy) is 1. The Hall–Kier alpha value is -1.06. The predicted octanol–water partition coefficient (Wildman–Crippen LogP) is 2.64. The summed E-state index contributed by atoms with van der Waals surface area (Å²) in [6, 6.07) is 8.04. The van der Waals surface area contributed by atoms with E-state index in [2.05, 4.69) is 6.92 Å². The molecule has 17 heavy (non-hydrogen) atoms. The molecule has 0 saturated heterocycles. The third-order valence-electron chi connectivity index (χ3n) is 2.70. The van der Waals surface area contributed by atoms with Crippen LogP contribution in [0.4, 0.5) is 0 Å². The molecule has 3 N–H and O–H groups in total. The SMILES string of the molecule is CCCOc1ccc(C(N)CCCCO)cc1. The van der Waals surface area contributed by atoms with E-state index in [0.717, 1.165) is 43.6 Å². The molecule has 3 heteroatoms. The van der Waals surface area contributed by atoms with Gasteiger partial charge in [-0.3, -0.25) is 0 Å². The van der Waals surface area contributed by atoms with Gasteiger partial charge in [-0.1, -0.05) is 19.1 Å². The number of hydrogen-bond acceptors (Lipinski definition) is 3. The summed E-state index contributed by atoms with van der Waals surface area (Å²) in [5.74, 6) is 0.901. The van der Waals surface area contributed by atoms with Crippen LogP contribution in [-0.2, 0) is 0 Å². The largest absolute Gasteiger partial charge is 0.494 e. The number of aliphatic hydroxyl groups is 1. The predicted molar refractivity (Wildman–Crippen MR) is 70.1 cm³/mol. The second-order valence-electron chi connectivity index (χ2n) is 4.24. The first-order chi connectivity index (χ1) is 8.27. The van der Waals surface area contributed by atoms with Gasteiger partial charge in [-0.2, -0.15) is 0 Å². The average Bonchev–Trinajstić information content (AvgIpc) is 2.37. The van der Waals surface area contributed by atoms with E-state index in [9.17, 15) is 0 Å². The molecule has 0 aliphatic rings. The quantitative estimate of drug-likeness (QED) is 0.683. The fourth-order valence-corrected chi connectivity index (χ4v) is 1.67. The fourth-order valence-electron chi connectivity index (χ4n) is 1.67. The van der Waals surface area contributed by atoms with Gasteiger partial charge in [-0.15, -0.1) is 0 Å². The summed E-state index contributed by atoms with van der Waals surface area (Å²) in [5.41, 5.74) is 7.19. The first-order valence-corrected chi connectivity index (χ1v) is 6.37. The minimum atomic E-state index is 0.0572. The first-order valence-electron chi connectivity index (χ1n) is 6.37. The highest BCUT2D eigenvalue weighted by atomic mass is 16.5. The Balaban J connectivity index is 2.43. The summed E-state index contributed by atoms with van der Waals surface area (Å²) in [6.45, 7) is 3.09. The van der Waals surface area contributed by atoms with E-state index in [4.69, 9.17) is 15.6 Å². The summed E-state index contributed by atoms with van der Waals surface area (Å²) in [6.07, 6.45) is 3.72. The molecule has 1 unspecified atom stereocenters. The molecule has 3 nitrogen and oxygen atoms in total. The zero-order valence-corrected chi connectivity index (χ0v) is 10.6. The highest BCUT2D eigenvalue weighted by Gasteiger charge is 2.05. The number of unbranched alkanes of at least 4 members (excludes halogenated alkanes) is 1. The number of nitrogens with two attached hydrogens (primary N) is 1. The van der Waals surface area contributed by atoms with E-state index in [0.29, 0.717) is 0 Å². The van der Waals surface area contributed by atoms with Crippen molar-refractivity contribution >= 4 is 0 Å². The summed E-state index contributed by atoms with van der Waals surface area (Å²) >= 11 is 0. The molecule has 0 heterocycles. The van der Waals surface area contributed by atoms with Crippen molar-refractivity contribution in [1.82, 2.24) is 0 Å². The van der Waals surface area contributed by atoms with E-state index in [1.165, 1.54) is 0 Å². The molecule has 1 aromatic carbocycles. The third kappa shape index (κ3) is 5.20. The molecule has 1 rings (SSSR count). The number of rotatable bonds is 8. The second-order valence-corrected chi connectivity index (χ2v) is 4.24. The molecular formula is C14H23NO2. The summed E-state index contributed by atoms with van der Waals surface area (Å²) in [5, 5.41) is 8.71. The molecule has 1 atom stereocenters. The lowest BCUT2D eigenvalue weighted by molar-refractivity contribution is 0.281. The molecule has 0 radical (unpaired) electrons. The van der Waals surface area contributed by atoms with Gasteiger partial charge < -0.3 is 15.6 Å². The normalized spacial score (nSPS) is 12.4. The van der Waals surface area contributed by atoms with Gasteiger partial charge in [0.25, 0.3) is 0 Å². The van der Waals surface area contributed by atoms with Crippen LogP contribution in [0.5, 0.6) is 5.75 Å². The van der Waals surface area contributed by atoms with Crippen LogP contribution in [0.3, 0.4) is 0 Å². The van der Waals surface area contributed by atoms with Crippen molar-refractivity contribution < 1.29 is 9.84 Å². The minimum absolute atomic E-state index is 0.0572. The van der Waals surface area contributed by atoms with E-state index < -0.39 is 0 Å². The lowest BCUT2D eigenvalue weighted by Crippen LogP contribution is -2.10. The third-order valence-corrected chi connectivity index (χ3v) is 2.70. The van der Waals surface area contributed by atoms with Crippen LogP contribution in [-0.4, -0.2) is 18.3 Å². The molecule has 96 valence electrons. The Kier molecular flexibility index (Phi) is 6.67. The average molecular weight is 237 g/mol. The lowest BCUT2D eigenvalue weighted by Gasteiger charge is -2.12. The summed E-state index contributed by atoms with van der Waals surface area (Å²) in [7, 11) is 0. The second kappa shape index (κ2) is 8.09. The van der Waals surface area contributed by atoms with Crippen LogP contribution in [0.2, 0.25) is 0 Å². The van der Waals surface area contributed by atoms with E-state index in [1.54, 1.807) is 0 Å². The monoisotopic (exact) mass is 237 g/mol. The van der Waals surface area contributed by atoms with Crippen molar-refractivity contribution in [1.29, 1.82) is 0 Å². The fraction of sp³-hybridized carbons (Fsp3) is 0.571. The molecule has 1 aromatic rings. The molecule has 0 aromatic heterocycles. The number of hydrogen-bond donors (Lipinski definition) is 2. The Morgan fingerprint density at radius 2 is 1.94 bits per heavy atom. The maximum absolute atomic E-state index is 8.71. The van der Waals surface area contributed by atoms with E-state index >= 15 is 0 Å². The van der Waals surface area contributed by atoms with Gasteiger partial charge in [0.1, 0.15) is 5.75 Å². The Labute approximate surface area is 104 Å². The zero-order chi connectivity index (χ0) is 12.5. The Morgan fingerprint density at radius 3 is 2.53 bits per heavy atom. The van der Waals surface area contributed by atoms with Crippen LogP contribution in [0, 0.1) is 0 Å². The molecule has 0 fully saturated rings. The standard InChI is InChI=1S/C14H23NO2/c1-2-11-17-13-8-6-12(7-9-13)14(15)5-3-4-10-16/h6-9,14,16H,2-5,10-11,15H2,1H3. The Bertz CT molecular complexity index is 298. The highest BCUT2D eigenvalue weighted by Crippen LogP contribution is 2.20. The van der Waals surface area contributed by atoms with Gasteiger partial charge in [0, 0.05) is 12.6 Å². The van der Waals surface area contributed by atoms with Crippen molar-refractivity contribution in [2.75, 3.05) is 13.2 Å². The first kappa shape index (κ1) is 14.0. The van der Waals surface area contributed by atoms with Crippen LogP contribution in [0.15, 0.2) is 24.3 Å². The van der Waals surface area contributed by atoms with Crippen molar-refractivity contribution in [3.8, 4) is 5.75 Å². The highest BCUT2D eigenvalue weighted by molar-refractivity contribution is 5.28. The maximum atomic E-state index is 8.71. The maximum Gasteiger partial charge on any atom is 0.119 e. The summed E-state index contributed by atoms with van der Waals surface area (Å²) < 4.78 is 5.51. The molecular weight excluding hydrogens is 214 g/mol. The van der Waals surface area contributed by atoms with E-state index in [1.807, 2.05) is 24.3 Å². The van der Waals surface area contributed by atoms with Gasteiger partial charge in [0.15, 0.2) is 0 Å². The summed E-state index contributed by atoms with van der Waals surface area (Å²) in [4.78, 5) is 0. The van der Waals surface area contributed by atoms with Gasteiger partial charge in [-0.05, 0) is 43.4 Å². The van der Waals surface area contributed by atoms with Crippen molar-refractivity contribution in [3.05, 3.63) is 29.8 Å². The van der Waals surface area contributed by atoms with Crippen molar-refractivity contribution in [2.24, 2.45) is 5.73 Å². The van der Waals surface area contributed by atoms with Gasteiger partial charge in [-0.25, -0.2) is 0 Å². The molecule has 0 spiro atoms. The van der Waals surface area contributed by atoms with Gasteiger partial charge in [0.05, 0.1) is 6.61 Å². The lowest BCUT2D eigenvalue weighted by atomic mass is 10.0. The minimum Gasteiger partial charge on any atom is -0.494 e. The van der Waals surface area contributed by atoms with Gasteiger partial charge in [0.2, 0.25) is 0 Å². The van der Waals surface area contributed by atoms with Crippen LogP contribution in [0.25, 0.3) is 0 Å². The van der Waals surface area contributed by atoms with Crippen LogP contribution >= 0.6 is 0 Å². The smallest absolute Gasteiger partial charge is 0.119 e. The molecule has 0 saturated carbocycles. The zero-order valence-electron chi connectivity index (χ0n) is 10.6. The van der Waals surface area contributed by atoms with E-state index in [-0.39, 0.29) is 12.6 Å². The Morgan fingerprint density at radius 1 is 1.24 bits per heavy atom. The van der Waals surface area contributed by atoms with Crippen LogP contribution in [0.1, 0.15) is 44.2 Å². The molecule has 0 aliphatic carbocycles.